The zero-order chi connectivity index (χ0) is 19.6. The predicted molar refractivity (Wildman–Crippen MR) is 88.3 cm³/mol. The average Bonchev–Trinajstić information content (AvgIpc) is 3.05. The third-order valence-electron chi connectivity index (χ3n) is 3.47. The van der Waals surface area contributed by atoms with Crippen molar-refractivity contribution in [2.75, 3.05) is 11.9 Å². The van der Waals surface area contributed by atoms with Gasteiger partial charge in [0, 0.05) is 23.1 Å². The maximum atomic E-state index is 12.3. The molecule has 3 aromatic rings. The van der Waals surface area contributed by atoms with Crippen molar-refractivity contribution in [1.82, 2.24) is 24.9 Å². The highest BCUT2D eigenvalue weighted by atomic mass is 19.4. The van der Waals surface area contributed by atoms with Crippen LogP contribution in [0.25, 0.3) is 5.78 Å². The lowest BCUT2D eigenvalue weighted by atomic mass is 10.2. The fourth-order valence-electron chi connectivity index (χ4n) is 2.21. The highest BCUT2D eigenvalue weighted by Gasteiger charge is 2.28. The van der Waals surface area contributed by atoms with Crippen molar-refractivity contribution >= 4 is 23.3 Å². The van der Waals surface area contributed by atoms with Crippen molar-refractivity contribution in [3.8, 4) is 0 Å². The third kappa shape index (κ3) is 4.37. The van der Waals surface area contributed by atoms with Crippen LogP contribution in [0.15, 0.2) is 36.5 Å². The van der Waals surface area contributed by atoms with E-state index in [4.69, 9.17) is 0 Å². The number of hydrogen-bond acceptors (Lipinski definition) is 5. The van der Waals surface area contributed by atoms with E-state index >= 15 is 0 Å². The lowest BCUT2D eigenvalue weighted by molar-refractivity contribution is -0.123. The number of alkyl halides is 3. The maximum absolute atomic E-state index is 12.3. The Morgan fingerprint density at radius 2 is 1.96 bits per heavy atom. The molecule has 0 saturated heterocycles. The van der Waals surface area contributed by atoms with Crippen LogP contribution >= 0.6 is 0 Å². The largest absolute Gasteiger partial charge is 0.405 e. The van der Waals surface area contributed by atoms with Gasteiger partial charge in [-0.05, 0) is 31.2 Å². The van der Waals surface area contributed by atoms with Crippen molar-refractivity contribution in [2.45, 2.75) is 13.1 Å². The van der Waals surface area contributed by atoms with Crippen LogP contribution in [-0.2, 0) is 0 Å². The molecule has 0 aliphatic rings. The van der Waals surface area contributed by atoms with Gasteiger partial charge in [-0.3, -0.25) is 9.59 Å². The fraction of sp³-hybridized carbons (Fsp3) is 0.188. The van der Waals surface area contributed by atoms with Gasteiger partial charge in [0.1, 0.15) is 6.54 Å². The average molecular weight is 378 g/mol. The van der Waals surface area contributed by atoms with Gasteiger partial charge in [-0.2, -0.15) is 18.2 Å². The fourth-order valence-corrected chi connectivity index (χ4v) is 2.21. The summed E-state index contributed by atoms with van der Waals surface area (Å²) < 4.78 is 38.0. The predicted octanol–water partition coefficient (Wildman–Crippen LogP) is 1.98. The Labute approximate surface area is 150 Å². The normalized spacial score (nSPS) is 11.4. The number of nitrogens with one attached hydrogen (secondary N) is 2. The van der Waals surface area contributed by atoms with E-state index in [1.165, 1.54) is 35.0 Å². The minimum absolute atomic E-state index is 0.0301. The molecule has 11 heteroatoms. The number of rotatable bonds is 4. The van der Waals surface area contributed by atoms with Gasteiger partial charge in [0.05, 0.1) is 0 Å². The van der Waals surface area contributed by atoms with Crippen molar-refractivity contribution in [1.29, 1.82) is 0 Å². The number of aryl methyl sites for hydroxylation is 1. The van der Waals surface area contributed by atoms with Crippen LogP contribution in [0.1, 0.15) is 26.7 Å². The molecule has 2 amide bonds. The van der Waals surface area contributed by atoms with Crippen molar-refractivity contribution in [2.24, 2.45) is 0 Å². The summed E-state index contributed by atoms with van der Waals surface area (Å²) in [4.78, 5) is 32.1. The minimum atomic E-state index is -4.51. The summed E-state index contributed by atoms with van der Waals surface area (Å²) in [5.74, 6) is -1.44. The number of amides is 2. The van der Waals surface area contributed by atoms with E-state index < -0.39 is 24.5 Å². The van der Waals surface area contributed by atoms with Gasteiger partial charge in [0.25, 0.3) is 17.6 Å². The van der Waals surface area contributed by atoms with E-state index in [0.29, 0.717) is 0 Å². The van der Waals surface area contributed by atoms with Crippen molar-refractivity contribution in [3.63, 3.8) is 0 Å². The Kier molecular flexibility index (Phi) is 4.75. The second-order valence-corrected chi connectivity index (χ2v) is 5.57. The van der Waals surface area contributed by atoms with Crippen LogP contribution in [0.5, 0.6) is 0 Å². The number of aromatic nitrogens is 4. The summed E-state index contributed by atoms with van der Waals surface area (Å²) >= 11 is 0. The number of nitrogens with zero attached hydrogens (tertiary/aromatic N) is 4. The maximum Gasteiger partial charge on any atom is 0.405 e. The molecule has 2 aromatic heterocycles. The van der Waals surface area contributed by atoms with Crippen LogP contribution in [0.2, 0.25) is 0 Å². The smallest absolute Gasteiger partial charge is 0.343 e. The quantitative estimate of drug-likeness (QED) is 0.723. The van der Waals surface area contributed by atoms with Crippen molar-refractivity contribution < 1.29 is 22.8 Å². The summed E-state index contributed by atoms with van der Waals surface area (Å²) in [6, 6.07) is 7.20. The molecule has 8 nitrogen and oxygen atoms in total. The van der Waals surface area contributed by atoms with Gasteiger partial charge in [-0.25, -0.2) is 9.50 Å². The minimum Gasteiger partial charge on any atom is -0.343 e. The zero-order valence-electron chi connectivity index (χ0n) is 13.9. The Hall–Kier alpha value is -3.50. The standard InChI is InChI=1S/C16H13F3N6O2/c1-9-5-6-20-15-23-12(24-25(9)15)14(27)22-11-4-2-3-10(7-11)13(26)21-8-16(17,18)19/h2-7H,8H2,1H3,(H,21,26)(H,22,27). The monoisotopic (exact) mass is 378 g/mol. The molecule has 1 aromatic carbocycles. The van der Waals surface area contributed by atoms with Crippen LogP contribution in [0.3, 0.4) is 0 Å². The SMILES string of the molecule is Cc1ccnc2nc(C(=O)Nc3cccc(C(=O)NCC(F)(F)F)c3)nn12. The number of carbonyl (C=O) groups is 2. The first kappa shape index (κ1) is 18.3. The Morgan fingerprint density at radius 3 is 2.67 bits per heavy atom. The summed E-state index contributed by atoms with van der Waals surface area (Å²) in [5.41, 5.74) is 0.913. The number of anilines is 1. The summed E-state index contributed by atoms with van der Waals surface area (Å²) in [7, 11) is 0. The lowest BCUT2D eigenvalue weighted by Gasteiger charge is -2.09. The van der Waals surface area contributed by atoms with Crippen LogP contribution in [-0.4, -0.2) is 44.1 Å². The summed E-state index contributed by atoms with van der Waals surface area (Å²) in [6.45, 7) is 0.327. The highest BCUT2D eigenvalue weighted by Crippen LogP contribution is 2.15. The summed E-state index contributed by atoms with van der Waals surface area (Å²) in [5, 5.41) is 8.31. The van der Waals surface area contributed by atoms with Gasteiger partial charge in [-0.15, -0.1) is 5.10 Å². The van der Waals surface area contributed by atoms with Crippen LogP contribution in [0.4, 0.5) is 18.9 Å². The molecule has 2 heterocycles. The molecule has 0 bridgehead atoms. The zero-order valence-corrected chi connectivity index (χ0v) is 13.9. The molecule has 0 aliphatic heterocycles. The molecule has 140 valence electrons. The van der Waals surface area contributed by atoms with E-state index in [-0.39, 0.29) is 22.9 Å². The van der Waals surface area contributed by atoms with E-state index in [2.05, 4.69) is 20.4 Å². The molecule has 0 atom stereocenters. The molecule has 0 saturated carbocycles. The molecule has 0 aliphatic carbocycles. The molecule has 0 unspecified atom stereocenters. The molecule has 3 rings (SSSR count). The number of carbonyl (C=O) groups excluding carboxylic acids is 2. The van der Waals surface area contributed by atoms with E-state index in [1.54, 1.807) is 18.3 Å². The Morgan fingerprint density at radius 1 is 1.19 bits per heavy atom. The Balaban J connectivity index is 1.74. The number of benzene rings is 1. The molecule has 2 N–H and O–H groups in total. The van der Waals surface area contributed by atoms with E-state index in [0.717, 1.165) is 5.69 Å². The van der Waals surface area contributed by atoms with E-state index in [1.807, 2.05) is 0 Å². The highest BCUT2D eigenvalue weighted by molar-refractivity contribution is 6.03. The second-order valence-electron chi connectivity index (χ2n) is 5.57. The lowest BCUT2D eigenvalue weighted by Crippen LogP contribution is -2.33. The third-order valence-corrected chi connectivity index (χ3v) is 3.47. The molecule has 0 spiro atoms. The number of halogens is 3. The first-order chi connectivity index (χ1) is 12.7. The van der Waals surface area contributed by atoms with Gasteiger partial charge >= 0.3 is 6.18 Å². The topological polar surface area (TPSA) is 101 Å². The van der Waals surface area contributed by atoms with Crippen LogP contribution in [0, 0.1) is 6.92 Å². The van der Waals surface area contributed by atoms with Gasteiger partial charge < -0.3 is 10.6 Å². The second kappa shape index (κ2) is 7.02. The van der Waals surface area contributed by atoms with Gasteiger partial charge in [0.15, 0.2) is 0 Å². The van der Waals surface area contributed by atoms with E-state index in [9.17, 15) is 22.8 Å². The summed E-state index contributed by atoms with van der Waals surface area (Å²) in [6.07, 6.45) is -2.98. The van der Waals surface area contributed by atoms with Crippen LogP contribution < -0.4 is 10.6 Å². The molecular formula is C16H13F3N6O2. The van der Waals surface area contributed by atoms with Gasteiger partial charge in [0.2, 0.25) is 5.82 Å². The van der Waals surface area contributed by atoms with Crippen molar-refractivity contribution in [3.05, 3.63) is 53.6 Å². The molecular weight excluding hydrogens is 365 g/mol. The number of hydrogen-bond donors (Lipinski definition) is 2. The first-order valence-corrected chi connectivity index (χ1v) is 7.68. The first-order valence-electron chi connectivity index (χ1n) is 7.68. The molecule has 0 radical (unpaired) electrons. The molecule has 27 heavy (non-hydrogen) atoms. The van der Waals surface area contributed by atoms with Gasteiger partial charge in [-0.1, -0.05) is 6.07 Å². The molecule has 0 fully saturated rings. The number of fused-ring (bicyclic) bond motifs is 1. The Bertz CT molecular complexity index is 1010.